The van der Waals surface area contributed by atoms with Crippen LogP contribution in [0, 0.1) is 6.92 Å². The highest BCUT2D eigenvalue weighted by atomic mass is 32.2. The molecular weight excluding hydrogens is 459 g/mol. The molecule has 7 nitrogen and oxygen atoms in total. The monoisotopic (exact) mass is 477 g/mol. The van der Waals surface area contributed by atoms with Crippen LogP contribution in [0.4, 0.5) is 18.9 Å². The molecule has 0 aliphatic rings. The second-order valence-electron chi connectivity index (χ2n) is 6.99. The number of halogens is 3. The predicted octanol–water partition coefficient (Wildman–Crippen LogP) is 3.89. The Morgan fingerprint density at radius 3 is 2.03 bits per heavy atom. The second-order valence-corrected chi connectivity index (χ2v) is 8.67. The summed E-state index contributed by atoms with van der Waals surface area (Å²) in [4.78, 5) is 24.1. The van der Waals surface area contributed by atoms with E-state index in [0.29, 0.717) is 11.6 Å². The average Bonchev–Trinajstić information content (AvgIpc) is 2.77. The number of carbonyl (C=O) groups excluding carboxylic acids is 2. The Kier molecular flexibility index (Phi) is 6.73. The van der Waals surface area contributed by atoms with Crippen LogP contribution < -0.4 is 15.6 Å². The number of amides is 2. The average molecular weight is 477 g/mol. The molecule has 0 saturated carbocycles. The van der Waals surface area contributed by atoms with Crippen molar-refractivity contribution in [2.45, 2.75) is 18.0 Å². The molecule has 172 valence electrons. The first-order valence-corrected chi connectivity index (χ1v) is 10.9. The third-order valence-electron chi connectivity index (χ3n) is 4.45. The van der Waals surface area contributed by atoms with E-state index >= 15 is 0 Å². The lowest BCUT2D eigenvalue weighted by atomic mass is 10.1. The minimum Gasteiger partial charge on any atom is -0.280 e. The molecule has 0 radical (unpaired) electrons. The zero-order chi connectivity index (χ0) is 24.2. The molecule has 3 aromatic carbocycles. The zero-order valence-corrected chi connectivity index (χ0v) is 17.9. The van der Waals surface area contributed by atoms with Crippen LogP contribution in [0.2, 0.25) is 0 Å². The largest absolute Gasteiger partial charge is 0.416 e. The van der Waals surface area contributed by atoms with E-state index in [1.54, 1.807) is 24.3 Å². The fourth-order valence-corrected chi connectivity index (χ4v) is 3.84. The van der Waals surface area contributed by atoms with Crippen molar-refractivity contribution in [2.24, 2.45) is 0 Å². The van der Waals surface area contributed by atoms with Crippen molar-refractivity contribution in [3.63, 3.8) is 0 Å². The lowest BCUT2D eigenvalue weighted by Gasteiger charge is -2.12. The van der Waals surface area contributed by atoms with Gasteiger partial charge < -0.3 is 0 Å². The van der Waals surface area contributed by atoms with Crippen molar-refractivity contribution in [2.75, 3.05) is 4.72 Å². The number of rotatable bonds is 5. The molecule has 0 saturated heterocycles. The summed E-state index contributed by atoms with van der Waals surface area (Å²) in [6.45, 7) is 1.85. The zero-order valence-electron chi connectivity index (χ0n) is 17.1. The van der Waals surface area contributed by atoms with E-state index in [1.165, 1.54) is 24.3 Å². The molecule has 33 heavy (non-hydrogen) atoms. The third-order valence-corrected chi connectivity index (χ3v) is 5.83. The summed E-state index contributed by atoms with van der Waals surface area (Å²) >= 11 is 0. The lowest BCUT2D eigenvalue weighted by molar-refractivity contribution is -0.137. The second kappa shape index (κ2) is 9.33. The predicted molar refractivity (Wildman–Crippen MR) is 115 cm³/mol. The molecule has 2 amide bonds. The number of hydrogen-bond acceptors (Lipinski definition) is 4. The highest BCUT2D eigenvalue weighted by molar-refractivity contribution is 7.92. The van der Waals surface area contributed by atoms with Gasteiger partial charge in [0, 0.05) is 16.8 Å². The van der Waals surface area contributed by atoms with Crippen molar-refractivity contribution in [3.8, 4) is 0 Å². The lowest BCUT2D eigenvalue weighted by Crippen LogP contribution is -2.41. The summed E-state index contributed by atoms with van der Waals surface area (Å²) in [5.41, 5.74) is 4.28. The Morgan fingerprint density at radius 1 is 0.788 bits per heavy atom. The number of nitrogens with one attached hydrogen (secondary N) is 3. The van der Waals surface area contributed by atoms with Crippen LogP contribution in [-0.2, 0) is 16.2 Å². The van der Waals surface area contributed by atoms with E-state index < -0.39 is 33.6 Å². The van der Waals surface area contributed by atoms with Gasteiger partial charge in [-0.1, -0.05) is 29.8 Å². The van der Waals surface area contributed by atoms with Gasteiger partial charge in [0.1, 0.15) is 0 Å². The van der Waals surface area contributed by atoms with Gasteiger partial charge in [-0.15, -0.1) is 0 Å². The van der Waals surface area contributed by atoms with Gasteiger partial charge in [0.15, 0.2) is 0 Å². The molecule has 0 heterocycles. The summed E-state index contributed by atoms with van der Waals surface area (Å²) in [6.07, 6.45) is -4.64. The molecule has 0 atom stereocenters. The molecule has 11 heteroatoms. The quantitative estimate of drug-likeness (QED) is 0.485. The van der Waals surface area contributed by atoms with Crippen molar-refractivity contribution < 1.29 is 31.2 Å². The van der Waals surface area contributed by atoms with Crippen LogP contribution in [0.3, 0.4) is 0 Å². The molecule has 0 aliphatic heterocycles. The first kappa shape index (κ1) is 23.8. The van der Waals surface area contributed by atoms with Crippen molar-refractivity contribution >= 4 is 27.5 Å². The normalized spacial score (nSPS) is 11.5. The van der Waals surface area contributed by atoms with E-state index in [0.717, 1.165) is 23.8 Å². The topological polar surface area (TPSA) is 104 Å². The number of aryl methyl sites for hydroxylation is 1. The summed E-state index contributed by atoms with van der Waals surface area (Å²) in [6, 6.07) is 15.1. The minimum absolute atomic E-state index is 0.0916. The van der Waals surface area contributed by atoms with Gasteiger partial charge >= 0.3 is 6.18 Å². The number of carbonyl (C=O) groups is 2. The summed E-state index contributed by atoms with van der Waals surface area (Å²) in [5.74, 6) is -1.36. The van der Waals surface area contributed by atoms with Crippen LogP contribution in [0.25, 0.3) is 0 Å². The van der Waals surface area contributed by atoms with Gasteiger partial charge in [0.25, 0.3) is 21.8 Å². The highest BCUT2D eigenvalue weighted by Gasteiger charge is 2.30. The van der Waals surface area contributed by atoms with Crippen molar-refractivity contribution in [1.82, 2.24) is 10.9 Å². The maximum absolute atomic E-state index is 12.9. The Hall–Kier alpha value is -3.86. The summed E-state index contributed by atoms with van der Waals surface area (Å²) in [5, 5.41) is 0. The molecule has 0 aliphatic carbocycles. The fourth-order valence-electron chi connectivity index (χ4n) is 2.74. The molecule has 0 fully saturated rings. The summed E-state index contributed by atoms with van der Waals surface area (Å²) in [7, 11) is -4.29. The number of hydrogen-bond donors (Lipinski definition) is 3. The fraction of sp³-hybridized carbons (Fsp3) is 0.0909. The van der Waals surface area contributed by atoms with Gasteiger partial charge in [-0.25, -0.2) is 8.42 Å². The number of alkyl halides is 3. The maximum atomic E-state index is 12.9. The van der Waals surface area contributed by atoms with Crippen LogP contribution in [0.5, 0.6) is 0 Å². The van der Waals surface area contributed by atoms with Gasteiger partial charge in [-0.05, 0) is 55.5 Å². The molecule has 0 aromatic heterocycles. The summed E-state index contributed by atoms with van der Waals surface area (Å²) < 4.78 is 65.9. The Morgan fingerprint density at radius 2 is 1.39 bits per heavy atom. The third kappa shape index (κ3) is 6.10. The molecule has 0 unspecified atom stereocenters. The smallest absolute Gasteiger partial charge is 0.280 e. The Labute approximate surface area is 187 Å². The van der Waals surface area contributed by atoms with E-state index in [2.05, 4.69) is 15.6 Å². The van der Waals surface area contributed by atoms with E-state index in [-0.39, 0.29) is 16.1 Å². The van der Waals surface area contributed by atoms with Crippen LogP contribution in [0.1, 0.15) is 31.8 Å². The van der Waals surface area contributed by atoms with E-state index in [1.807, 2.05) is 6.92 Å². The molecule has 0 spiro atoms. The van der Waals surface area contributed by atoms with Crippen LogP contribution in [0.15, 0.2) is 77.7 Å². The van der Waals surface area contributed by atoms with Gasteiger partial charge in [-0.2, -0.15) is 13.2 Å². The number of hydrazine groups is 1. The first-order chi connectivity index (χ1) is 15.5. The SMILES string of the molecule is Cc1ccc(C(=O)NNC(=O)c2cccc(S(=O)(=O)Nc3cccc(C(F)(F)F)c3)c2)cc1. The Balaban J connectivity index is 1.72. The van der Waals surface area contributed by atoms with Gasteiger partial charge in [0.2, 0.25) is 0 Å². The number of anilines is 1. The minimum atomic E-state index is -4.64. The highest BCUT2D eigenvalue weighted by Crippen LogP contribution is 2.31. The van der Waals surface area contributed by atoms with Crippen molar-refractivity contribution in [3.05, 3.63) is 95.1 Å². The maximum Gasteiger partial charge on any atom is 0.416 e. The number of benzene rings is 3. The first-order valence-electron chi connectivity index (χ1n) is 9.43. The van der Waals surface area contributed by atoms with Crippen molar-refractivity contribution in [1.29, 1.82) is 0 Å². The molecular formula is C22H18F3N3O4S. The van der Waals surface area contributed by atoms with E-state index in [9.17, 15) is 31.2 Å². The van der Waals surface area contributed by atoms with Gasteiger partial charge in [-0.3, -0.25) is 25.2 Å². The molecule has 3 N–H and O–H groups in total. The Bertz CT molecular complexity index is 1290. The number of sulfonamides is 1. The van der Waals surface area contributed by atoms with E-state index in [4.69, 9.17) is 0 Å². The molecule has 3 aromatic rings. The molecule has 3 rings (SSSR count). The van der Waals surface area contributed by atoms with Crippen LogP contribution >= 0.6 is 0 Å². The standard InChI is InChI=1S/C22H18F3N3O4S/c1-14-8-10-15(11-9-14)20(29)26-27-21(30)16-4-2-7-19(12-16)33(31,32)28-18-6-3-5-17(13-18)22(23,24)25/h2-13,28H,1H3,(H,26,29)(H,27,30). The van der Waals surface area contributed by atoms with Crippen LogP contribution in [-0.4, -0.2) is 20.2 Å². The molecule has 0 bridgehead atoms. The van der Waals surface area contributed by atoms with Gasteiger partial charge in [0.05, 0.1) is 10.5 Å².